The first-order chi connectivity index (χ1) is 12.5. The van der Waals surface area contributed by atoms with E-state index < -0.39 is 15.8 Å². The lowest BCUT2D eigenvalue weighted by molar-refractivity contribution is -0.384. The number of nitro benzene ring substituents is 1. The van der Waals surface area contributed by atoms with Crippen molar-refractivity contribution in [3.05, 3.63) is 98.1 Å². The second-order valence-electron chi connectivity index (χ2n) is 5.60. The monoisotopic (exact) mass is 369 g/mol. The highest BCUT2D eigenvalue weighted by atomic mass is 32.2. The van der Waals surface area contributed by atoms with Gasteiger partial charge in [0.1, 0.15) is 11.5 Å². The van der Waals surface area contributed by atoms with Gasteiger partial charge in [0.15, 0.2) is 0 Å². The summed E-state index contributed by atoms with van der Waals surface area (Å²) in [6.07, 6.45) is 0. The molecule has 1 heterocycles. The molecule has 1 atom stereocenters. The lowest BCUT2D eigenvalue weighted by atomic mass is 10.0. The van der Waals surface area contributed by atoms with E-state index in [2.05, 4.69) is 0 Å². The van der Waals surface area contributed by atoms with Gasteiger partial charge in [0, 0.05) is 23.1 Å². The molecule has 0 fully saturated rings. The number of rotatable bonds is 5. The summed E-state index contributed by atoms with van der Waals surface area (Å²) in [4.78, 5) is 23.7. The summed E-state index contributed by atoms with van der Waals surface area (Å²) in [6, 6.07) is 16.7. The zero-order valence-electron chi connectivity index (χ0n) is 13.8. The minimum atomic E-state index is -0.630. The third kappa shape index (κ3) is 3.78. The summed E-state index contributed by atoms with van der Waals surface area (Å²) in [5.74, 6) is 0.147. The van der Waals surface area contributed by atoms with Gasteiger partial charge in [-0.05, 0) is 24.6 Å². The summed E-state index contributed by atoms with van der Waals surface area (Å²) in [6.45, 7) is 1.58. The van der Waals surface area contributed by atoms with Crippen molar-refractivity contribution in [2.75, 3.05) is 0 Å². The Morgan fingerprint density at radius 1 is 1.12 bits per heavy atom. The Morgan fingerprint density at radius 2 is 1.77 bits per heavy atom. The van der Waals surface area contributed by atoms with Crippen LogP contribution in [-0.4, -0.2) is 10.0 Å². The van der Waals surface area contributed by atoms with E-state index in [1.165, 1.54) is 30.0 Å². The van der Waals surface area contributed by atoms with Crippen LogP contribution in [0.3, 0.4) is 0 Å². The van der Waals surface area contributed by atoms with Crippen molar-refractivity contribution in [3.8, 4) is 5.75 Å². The van der Waals surface area contributed by atoms with E-state index in [1.54, 1.807) is 19.1 Å². The van der Waals surface area contributed by atoms with Crippen LogP contribution in [-0.2, 0) is 0 Å². The fourth-order valence-electron chi connectivity index (χ4n) is 2.55. The Kier molecular flexibility index (Phi) is 5.09. The second-order valence-corrected chi connectivity index (χ2v) is 6.78. The molecule has 0 amide bonds. The van der Waals surface area contributed by atoms with E-state index in [9.17, 15) is 20.0 Å². The SMILES string of the molecule is Cc1cc(O)c(C(Sc2ccccc2)c2ccc([N+](=O)[O-])cc2)c(=O)o1. The molecule has 0 saturated carbocycles. The molecule has 132 valence electrons. The van der Waals surface area contributed by atoms with Gasteiger partial charge in [-0.25, -0.2) is 4.79 Å². The van der Waals surface area contributed by atoms with Gasteiger partial charge in [-0.1, -0.05) is 30.3 Å². The zero-order chi connectivity index (χ0) is 18.7. The molecule has 2 aromatic carbocycles. The number of nitrogens with zero attached hydrogens (tertiary/aromatic N) is 1. The number of nitro groups is 1. The summed E-state index contributed by atoms with van der Waals surface area (Å²) in [5.41, 5.74) is 0.0841. The van der Waals surface area contributed by atoms with Crippen molar-refractivity contribution in [1.29, 1.82) is 0 Å². The molecule has 0 aliphatic rings. The van der Waals surface area contributed by atoms with Gasteiger partial charge in [0.05, 0.1) is 15.7 Å². The van der Waals surface area contributed by atoms with Crippen molar-refractivity contribution in [2.45, 2.75) is 17.1 Å². The highest BCUT2D eigenvalue weighted by Crippen LogP contribution is 2.42. The quantitative estimate of drug-likeness (QED) is 0.406. The standard InChI is InChI=1S/C19H15NO5S/c1-12-11-16(21)17(19(22)25-12)18(26-15-5-3-2-4-6-15)13-7-9-14(10-8-13)20(23)24/h2-11,18,21H,1H3. The number of non-ortho nitro benzene ring substituents is 1. The maximum atomic E-state index is 12.4. The fourth-order valence-corrected chi connectivity index (χ4v) is 3.76. The van der Waals surface area contributed by atoms with Crippen molar-refractivity contribution in [2.24, 2.45) is 0 Å². The van der Waals surface area contributed by atoms with E-state index in [-0.39, 0.29) is 17.0 Å². The topological polar surface area (TPSA) is 93.6 Å². The van der Waals surface area contributed by atoms with Gasteiger partial charge in [0.2, 0.25) is 0 Å². The van der Waals surface area contributed by atoms with Gasteiger partial charge in [-0.15, -0.1) is 11.8 Å². The lowest BCUT2D eigenvalue weighted by Gasteiger charge is -2.17. The van der Waals surface area contributed by atoms with E-state index in [0.717, 1.165) is 4.90 Å². The number of benzene rings is 2. The van der Waals surface area contributed by atoms with Gasteiger partial charge >= 0.3 is 5.63 Å². The molecule has 3 aromatic rings. The van der Waals surface area contributed by atoms with Gasteiger partial charge < -0.3 is 9.52 Å². The molecule has 26 heavy (non-hydrogen) atoms. The minimum Gasteiger partial charge on any atom is -0.507 e. The Morgan fingerprint density at radius 3 is 2.35 bits per heavy atom. The number of hydrogen-bond donors (Lipinski definition) is 1. The Hall–Kier alpha value is -3.06. The second kappa shape index (κ2) is 7.45. The average molecular weight is 369 g/mol. The Labute approximate surface area is 153 Å². The first-order valence-corrected chi connectivity index (χ1v) is 8.63. The van der Waals surface area contributed by atoms with E-state index >= 15 is 0 Å². The molecule has 0 bridgehead atoms. The first kappa shape index (κ1) is 17.8. The molecule has 0 aliphatic carbocycles. The van der Waals surface area contributed by atoms with Crippen LogP contribution >= 0.6 is 11.8 Å². The van der Waals surface area contributed by atoms with Gasteiger partial charge in [-0.3, -0.25) is 10.1 Å². The lowest BCUT2D eigenvalue weighted by Crippen LogP contribution is -2.12. The van der Waals surface area contributed by atoms with Crippen LogP contribution in [0.4, 0.5) is 5.69 Å². The molecule has 0 radical (unpaired) electrons. The fraction of sp³-hybridized carbons (Fsp3) is 0.105. The Balaban J connectivity index is 2.11. The predicted octanol–water partition coefficient (Wildman–Crippen LogP) is 4.44. The molecule has 7 heteroatoms. The molecule has 0 saturated heterocycles. The van der Waals surface area contributed by atoms with Gasteiger partial charge in [0.25, 0.3) is 5.69 Å². The highest BCUT2D eigenvalue weighted by Gasteiger charge is 2.25. The van der Waals surface area contributed by atoms with Crippen molar-refractivity contribution < 1.29 is 14.4 Å². The maximum Gasteiger partial charge on any atom is 0.344 e. The van der Waals surface area contributed by atoms with E-state index in [1.807, 2.05) is 30.3 Å². The van der Waals surface area contributed by atoms with Crippen molar-refractivity contribution in [3.63, 3.8) is 0 Å². The largest absolute Gasteiger partial charge is 0.507 e. The van der Waals surface area contributed by atoms with Crippen LogP contribution in [0, 0.1) is 17.0 Å². The summed E-state index contributed by atoms with van der Waals surface area (Å²) < 4.78 is 5.15. The Bertz CT molecular complexity index is 983. The first-order valence-electron chi connectivity index (χ1n) is 7.75. The smallest absolute Gasteiger partial charge is 0.344 e. The van der Waals surface area contributed by atoms with Crippen LogP contribution in [0.5, 0.6) is 5.75 Å². The molecule has 1 aromatic heterocycles. The van der Waals surface area contributed by atoms with Crippen LogP contribution in [0.1, 0.15) is 22.1 Å². The van der Waals surface area contributed by atoms with Crippen LogP contribution < -0.4 is 5.63 Å². The van der Waals surface area contributed by atoms with Gasteiger partial charge in [-0.2, -0.15) is 0 Å². The molecular weight excluding hydrogens is 354 g/mol. The summed E-state index contributed by atoms with van der Waals surface area (Å²) >= 11 is 1.35. The molecule has 3 rings (SSSR count). The molecular formula is C19H15NO5S. The third-order valence-corrected chi connectivity index (χ3v) is 5.04. The zero-order valence-corrected chi connectivity index (χ0v) is 14.6. The number of aryl methyl sites for hydroxylation is 1. The number of hydrogen-bond acceptors (Lipinski definition) is 6. The average Bonchev–Trinajstić information content (AvgIpc) is 2.61. The molecule has 0 aliphatic heterocycles. The number of aromatic hydroxyl groups is 1. The normalized spacial score (nSPS) is 11.9. The van der Waals surface area contributed by atoms with Crippen LogP contribution in [0.2, 0.25) is 0 Å². The van der Waals surface area contributed by atoms with Crippen molar-refractivity contribution >= 4 is 17.4 Å². The highest BCUT2D eigenvalue weighted by molar-refractivity contribution is 7.99. The molecule has 6 nitrogen and oxygen atoms in total. The summed E-state index contributed by atoms with van der Waals surface area (Å²) in [5, 5.41) is 20.7. The maximum absolute atomic E-state index is 12.4. The predicted molar refractivity (Wildman–Crippen MR) is 98.6 cm³/mol. The van der Waals surface area contributed by atoms with Crippen LogP contribution in [0.25, 0.3) is 0 Å². The van der Waals surface area contributed by atoms with E-state index in [0.29, 0.717) is 11.3 Å². The minimum absolute atomic E-state index is 0.0441. The van der Waals surface area contributed by atoms with E-state index in [4.69, 9.17) is 4.42 Å². The molecule has 1 unspecified atom stereocenters. The van der Waals surface area contributed by atoms with Crippen LogP contribution in [0.15, 0.2) is 74.8 Å². The van der Waals surface area contributed by atoms with Crippen molar-refractivity contribution in [1.82, 2.24) is 0 Å². The summed E-state index contributed by atoms with van der Waals surface area (Å²) in [7, 11) is 0. The molecule has 1 N–H and O–H groups in total. The third-order valence-electron chi connectivity index (χ3n) is 3.76. The molecule has 0 spiro atoms. The number of thioether (sulfide) groups is 1.